The molecule has 3 N–H and O–H groups in total. The van der Waals surface area contributed by atoms with E-state index in [1.165, 1.54) is 0 Å². The molecule has 2 fully saturated rings. The minimum Gasteiger partial charge on any atom is -0.370 e. The molecular formula is C9H16N4O. The molecule has 0 spiro atoms. The van der Waals surface area contributed by atoms with Gasteiger partial charge in [0.05, 0.1) is 6.04 Å². The van der Waals surface area contributed by atoms with Gasteiger partial charge < -0.3 is 16.0 Å². The smallest absolute Gasteiger partial charge is 0.242 e. The molecule has 2 rings (SSSR count). The first-order valence-electron chi connectivity index (χ1n) is 5.06. The second-order valence-corrected chi connectivity index (χ2v) is 3.88. The zero-order valence-electron chi connectivity index (χ0n) is 8.36. The van der Waals surface area contributed by atoms with E-state index in [0.717, 1.165) is 19.4 Å². The summed E-state index contributed by atoms with van der Waals surface area (Å²) in [7, 11) is 0. The van der Waals surface area contributed by atoms with E-state index in [2.05, 4.69) is 10.3 Å². The molecule has 1 heterocycles. The Kier molecular flexibility index (Phi) is 2.31. The van der Waals surface area contributed by atoms with E-state index in [1.807, 2.05) is 11.8 Å². The fraction of sp³-hybridized carbons (Fsp3) is 0.778. The van der Waals surface area contributed by atoms with Gasteiger partial charge in [-0.1, -0.05) is 0 Å². The Morgan fingerprint density at radius 2 is 2.36 bits per heavy atom. The van der Waals surface area contributed by atoms with Crippen molar-refractivity contribution in [2.45, 2.75) is 31.8 Å². The molecule has 1 saturated heterocycles. The Morgan fingerprint density at radius 3 is 3.00 bits per heavy atom. The predicted molar refractivity (Wildman–Crippen MR) is 53.8 cm³/mol. The summed E-state index contributed by atoms with van der Waals surface area (Å²) in [5.74, 6) is 0.556. The van der Waals surface area contributed by atoms with E-state index in [4.69, 9.17) is 5.73 Å². The van der Waals surface area contributed by atoms with Gasteiger partial charge in [0.2, 0.25) is 5.91 Å². The third-order valence-corrected chi connectivity index (χ3v) is 2.65. The largest absolute Gasteiger partial charge is 0.370 e. The molecule has 1 aliphatic carbocycles. The zero-order valence-corrected chi connectivity index (χ0v) is 8.36. The van der Waals surface area contributed by atoms with Crippen molar-refractivity contribution in [2.24, 2.45) is 10.7 Å². The van der Waals surface area contributed by atoms with E-state index >= 15 is 0 Å². The Bertz CT molecular complexity index is 272. The molecule has 5 nitrogen and oxygen atoms in total. The van der Waals surface area contributed by atoms with Crippen LogP contribution in [0, 0.1) is 0 Å². The number of carbonyl (C=O) groups excluding carboxylic acids is 1. The first-order valence-corrected chi connectivity index (χ1v) is 5.06. The lowest BCUT2D eigenvalue weighted by Crippen LogP contribution is -2.57. The van der Waals surface area contributed by atoms with Crippen LogP contribution in [0.3, 0.4) is 0 Å². The highest BCUT2D eigenvalue weighted by atomic mass is 16.2. The first-order chi connectivity index (χ1) is 6.68. The SMILES string of the molecule is CC1C(=O)NCCN1C(N)=NC1CC1. The van der Waals surface area contributed by atoms with Gasteiger partial charge >= 0.3 is 0 Å². The van der Waals surface area contributed by atoms with Crippen molar-refractivity contribution >= 4 is 11.9 Å². The molecule has 0 aromatic rings. The summed E-state index contributed by atoms with van der Waals surface area (Å²) in [5, 5.41) is 2.79. The van der Waals surface area contributed by atoms with Gasteiger partial charge in [-0.2, -0.15) is 0 Å². The van der Waals surface area contributed by atoms with E-state index in [-0.39, 0.29) is 11.9 Å². The minimum absolute atomic E-state index is 0.0326. The standard InChI is InChI=1S/C9H16N4O/c1-6-8(14)11-4-5-13(6)9(10)12-7-2-3-7/h6-7H,2-5H2,1H3,(H2,10,12)(H,11,14). The molecule has 78 valence electrons. The van der Waals surface area contributed by atoms with Crippen LogP contribution in [0.4, 0.5) is 0 Å². The maximum atomic E-state index is 11.3. The summed E-state index contributed by atoms with van der Waals surface area (Å²) >= 11 is 0. The van der Waals surface area contributed by atoms with E-state index in [9.17, 15) is 4.79 Å². The van der Waals surface area contributed by atoms with Crippen molar-refractivity contribution in [1.82, 2.24) is 10.2 Å². The number of nitrogens with two attached hydrogens (primary N) is 1. The van der Waals surface area contributed by atoms with Gasteiger partial charge in [-0.15, -0.1) is 0 Å². The summed E-state index contributed by atoms with van der Waals surface area (Å²) in [4.78, 5) is 17.6. The van der Waals surface area contributed by atoms with Gasteiger partial charge in [0.1, 0.15) is 6.04 Å². The second kappa shape index (κ2) is 3.48. The minimum atomic E-state index is -0.189. The summed E-state index contributed by atoms with van der Waals surface area (Å²) < 4.78 is 0. The maximum absolute atomic E-state index is 11.3. The lowest BCUT2D eigenvalue weighted by Gasteiger charge is -2.33. The molecule has 1 unspecified atom stereocenters. The number of nitrogens with zero attached hydrogens (tertiary/aromatic N) is 2. The fourth-order valence-corrected chi connectivity index (χ4v) is 1.56. The fourth-order valence-electron chi connectivity index (χ4n) is 1.56. The number of amides is 1. The number of piperazine rings is 1. The lowest BCUT2D eigenvalue weighted by atomic mass is 10.2. The van der Waals surface area contributed by atoms with Crippen LogP contribution in [0.25, 0.3) is 0 Å². The van der Waals surface area contributed by atoms with Crippen LogP contribution in [0.15, 0.2) is 4.99 Å². The highest BCUT2D eigenvalue weighted by Gasteiger charge is 2.28. The Hall–Kier alpha value is -1.26. The summed E-state index contributed by atoms with van der Waals surface area (Å²) in [5.41, 5.74) is 5.84. The van der Waals surface area contributed by atoms with Gasteiger partial charge in [0.25, 0.3) is 0 Å². The Morgan fingerprint density at radius 1 is 1.64 bits per heavy atom. The molecule has 2 aliphatic rings. The third kappa shape index (κ3) is 1.81. The molecule has 1 saturated carbocycles. The Labute approximate surface area is 83.4 Å². The molecule has 0 bridgehead atoms. The molecule has 1 aliphatic heterocycles. The van der Waals surface area contributed by atoms with Crippen molar-refractivity contribution < 1.29 is 4.79 Å². The quantitative estimate of drug-likeness (QED) is 0.429. The van der Waals surface area contributed by atoms with Crippen molar-refractivity contribution in [3.63, 3.8) is 0 Å². The van der Waals surface area contributed by atoms with Gasteiger partial charge in [-0.05, 0) is 19.8 Å². The topological polar surface area (TPSA) is 70.7 Å². The molecule has 5 heteroatoms. The average molecular weight is 196 g/mol. The number of nitrogens with one attached hydrogen (secondary N) is 1. The van der Waals surface area contributed by atoms with Crippen LogP contribution >= 0.6 is 0 Å². The average Bonchev–Trinajstić information content (AvgIpc) is 2.93. The van der Waals surface area contributed by atoms with Crippen LogP contribution in [0.2, 0.25) is 0 Å². The third-order valence-electron chi connectivity index (χ3n) is 2.65. The van der Waals surface area contributed by atoms with Crippen molar-refractivity contribution in [1.29, 1.82) is 0 Å². The van der Waals surface area contributed by atoms with Gasteiger partial charge in [0, 0.05) is 13.1 Å². The number of rotatable bonds is 1. The monoisotopic (exact) mass is 196 g/mol. The van der Waals surface area contributed by atoms with Crippen LogP contribution in [0.1, 0.15) is 19.8 Å². The molecule has 0 aromatic heterocycles. The van der Waals surface area contributed by atoms with E-state index in [0.29, 0.717) is 18.5 Å². The summed E-state index contributed by atoms with van der Waals surface area (Å²) in [6.45, 7) is 3.27. The number of hydrogen-bond donors (Lipinski definition) is 2. The second-order valence-electron chi connectivity index (χ2n) is 3.88. The molecule has 1 atom stereocenters. The number of carbonyl (C=O) groups is 1. The van der Waals surface area contributed by atoms with Crippen molar-refractivity contribution in [3.05, 3.63) is 0 Å². The van der Waals surface area contributed by atoms with Gasteiger partial charge in [-0.25, -0.2) is 4.99 Å². The van der Waals surface area contributed by atoms with Crippen LogP contribution < -0.4 is 11.1 Å². The van der Waals surface area contributed by atoms with Crippen molar-refractivity contribution in [3.8, 4) is 0 Å². The summed E-state index contributed by atoms with van der Waals surface area (Å²) in [6.07, 6.45) is 2.27. The highest BCUT2D eigenvalue weighted by molar-refractivity contribution is 5.89. The highest BCUT2D eigenvalue weighted by Crippen LogP contribution is 2.23. The summed E-state index contributed by atoms with van der Waals surface area (Å²) in [6, 6.07) is 0.221. The van der Waals surface area contributed by atoms with E-state index in [1.54, 1.807) is 0 Å². The molecule has 1 amide bonds. The van der Waals surface area contributed by atoms with Gasteiger partial charge in [-0.3, -0.25) is 4.79 Å². The van der Waals surface area contributed by atoms with E-state index < -0.39 is 0 Å². The number of hydrogen-bond acceptors (Lipinski definition) is 2. The normalized spacial score (nSPS) is 28.9. The van der Waals surface area contributed by atoms with Crippen molar-refractivity contribution in [2.75, 3.05) is 13.1 Å². The molecule has 14 heavy (non-hydrogen) atoms. The van der Waals surface area contributed by atoms with Crippen LogP contribution in [0.5, 0.6) is 0 Å². The molecule has 0 radical (unpaired) electrons. The Balaban J connectivity index is 2.03. The first kappa shape index (κ1) is 9.30. The van der Waals surface area contributed by atoms with Crippen LogP contribution in [-0.4, -0.2) is 41.9 Å². The van der Waals surface area contributed by atoms with Crippen LogP contribution in [-0.2, 0) is 4.79 Å². The molecular weight excluding hydrogens is 180 g/mol. The predicted octanol–water partition coefficient (Wildman–Crippen LogP) is -0.716. The number of aliphatic imine (C=N–C) groups is 1. The number of guanidine groups is 1. The van der Waals surface area contributed by atoms with Gasteiger partial charge in [0.15, 0.2) is 5.96 Å². The maximum Gasteiger partial charge on any atom is 0.242 e. The zero-order chi connectivity index (χ0) is 10.1. The lowest BCUT2D eigenvalue weighted by molar-refractivity contribution is -0.126. The molecule has 0 aromatic carbocycles.